The molecule has 2 unspecified atom stereocenters. The number of methoxy groups -OCH3 is 1. The maximum Gasteiger partial charge on any atom is 0.167 e. The summed E-state index contributed by atoms with van der Waals surface area (Å²) >= 11 is 6.22. The highest BCUT2D eigenvalue weighted by molar-refractivity contribution is 6.20. The Bertz CT molecular complexity index is 636. The number of nitrogens with zero attached hydrogens (tertiary/aromatic N) is 2. The predicted octanol–water partition coefficient (Wildman–Crippen LogP) is 3.45. The number of alkyl halides is 1. The van der Waals surface area contributed by atoms with Crippen LogP contribution in [-0.4, -0.2) is 29.9 Å². The molecule has 1 aliphatic heterocycles. The normalized spacial score (nSPS) is 20.5. The Kier molecular flexibility index (Phi) is 3.56. The molecule has 0 aliphatic carbocycles. The van der Waals surface area contributed by atoms with Crippen LogP contribution in [0.3, 0.4) is 0 Å². The van der Waals surface area contributed by atoms with Crippen LogP contribution in [-0.2, 0) is 4.74 Å². The molecule has 0 bridgehead atoms. The third kappa shape index (κ3) is 2.15. The van der Waals surface area contributed by atoms with Crippen LogP contribution in [0.2, 0.25) is 0 Å². The van der Waals surface area contributed by atoms with Gasteiger partial charge in [-0.1, -0.05) is 0 Å². The zero-order valence-corrected chi connectivity index (χ0v) is 12.2. The predicted molar refractivity (Wildman–Crippen MR) is 75.0 cm³/mol. The van der Waals surface area contributed by atoms with Crippen molar-refractivity contribution in [2.24, 2.45) is 0 Å². The minimum Gasteiger partial charge on any atom is -0.494 e. The first-order valence-electron chi connectivity index (χ1n) is 6.59. The first-order chi connectivity index (χ1) is 9.61. The summed E-state index contributed by atoms with van der Waals surface area (Å²) in [5.41, 5.74) is 1.43. The Hall–Kier alpha value is -1.33. The zero-order valence-electron chi connectivity index (χ0n) is 11.4. The monoisotopic (exact) mass is 298 g/mol. The molecule has 2 atom stereocenters. The van der Waals surface area contributed by atoms with Crippen LogP contribution in [0.4, 0.5) is 4.39 Å². The molecule has 0 amide bonds. The summed E-state index contributed by atoms with van der Waals surface area (Å²) in [6.07, 6.45) is 0.905. The van der Waals surface area contributed by atoms with Crippen molar-refractivity contribution in [2.75, 3.05) is 20.3 Å². The summed E-state index contributed by atoms with van der Waals surface area (Å²) in [5, 5.41) is -0.253. The molecule has 1 fully saturated rings. The third-order valence-corrected chi connectivity index (χ3v) is 3.81. The van der Waals surface area contributed by atoms with Crippen LogP contribution < -0.4 is 4.74 Å². The van der Waals surface area contributed by atoms with Gasteiger partial charge in [-0.15, -0.1) is 11.6 Å². The SMILES string of the molecule is COc1cc2c(cc1F)nc(C(C)Cl)n2C1CCOC1. The first-order valence-corrected chi connectivity index (χ1v) is 7.02. The van der Waals surface area contributed by atoms with Gasteiger partial charge in [0.15, 0.2) is 11.6 Å². The Balaban J connectivity index is 2.24. The van der Waals surface area contributed by atoms with Crippen molar-refractivity contribution >= 4 is 22.6 Å². The van der Waals surface area contributed by atoms with Gasteiger partial charge in [0.05, 0.1) is 36.2 Å². The van der Waals surface area contributed by atoms with Crippen molar-refractivity contribution < 1.29 is 13.9 Å². The van der Waals surface area contributed by atoms with Gasteiger partial charge in [0.25, 0.3) is 0 Å². The number of rotatable bonds is 3. The molecule has 0 saturated carbocycles. The molecule has 1 aromatic heterocycles. The Morgan fingerprint density at radius 1 is 1.55 bits per heavy atom. The number of fused-ring (bicyclic) bond motifs is 1. The summed E-state index contributed by atoms with van der Waals surface area (Å²) in [6.45, 7) is 3.21. The number of aromatic nitrogens is 2. The molecule has 2 aromatic rings. The highest BCUT2D eigenvalue weighted by atomic mass is 35.5. The third-order valence-electron chi connectivity index (χ3n) is 3.62. The van der Waals surface area contributed by atoms with Gasteiger partial charge in [-0.2, -0.15) is 0 Å². The summed E-state index contributed by atoms with van der Waals surface area (Å²) in [5.74, 6) is 0.539. The smallest absolute Gasteiger partial charge is 0.167 e. The topological polar surface area (TPSA) is 36.3 Å². The van der Waals surface area contributed by atoms with Gasteiger partial charge in [-0.3, -0.25) is 0 Å². The Morgan fingerprint density at radius 2 is 2.35 bits per heavy atom. The van der Waals surface area contributed by atoms with E-state index in [0.717, 1.165) is 24.4 Å². The van der Waals surface area contributed by atoms with E-state index in [1.165, 1.54) is 13.2 Å². The number of imidazole rings is 1. The Labute approximate surface area is 121 Å². The molecule has 0 spiro atoms. The molecule has 6 heteroatoms. The van der Waals surface area contributed by atoms with E-state index < -0.39 is 5.82 Å². The number of benzene rings is 1. The van der Waals surface area contributed by atoms with E-state index in [1.807, 2.05) is 6.92 Å². The summed E-state index contributed by atoms with van der Waals surface area (Å²) in [7, 11) is 1.45. The quantitative estimate of drug-likeness (QED) is 0.814. The van der Waals surface area contributed by atoms with Gasteiger partial charge in [-0.05, 0) is 13.3 Å². The van der Waals surface area contributed by atoms with E-state index in [0.29, 0.717) is 12.1 Å². The highest BCUT2D eigenvalue weighted by Gasteiger charge is 2.26. The van der Waals surface area contributed by atoms with E-state index in [9.17, 15) is 4.39 Å². The van der Waals surface area contributed by atoms with Gasteiger partial charge in [0, 0.05) is 18.7 Å². The van der Waals surface area contributed by atoms with Gasteiger partial charge >= 0.3 is 0 Å². The van der Waals surface area contributed by atoms with Crippen molar-refractivity contribution in [2.45, 2.75) is 24.8 Å². The van der Waals surface area contributed by atoms with Crippen LogP contribution in [0.25, 0.3) is 11.0 Å². The second kappa shape index (κ2) is 5.22. The molecular formula is C14H16ClFN2O2. The molecule has 108 valence electrons. The molecule has 3 rings (SSSR count). The molecule has 4 nitrogen and oxygen atoms in total. The van der Waals surface area contributed by atoms with Crippen molar-refractivity contribution in [3.05, 3.63) is 23.8 Å². The lowest BCUT2D eigenvalue weighted by atomic mass is 10.2. The molecule has 1 aliphatic rings. The van der Waals surface area contributed by atoms with Crippen LogP contribution in [0.1, 0.15) is 30.6 Å². The van der Waals surface area contributed by atoms with Crippen molar-refractivity contribution in [3.8, 4) is 5.75 Å². The number of hydrogen-bond acceptors (Lipinski definition) is 3. The minimum atomic E-state index is -0.416. The van der Waals surface area contributed by atoms with Crippen LogP contribution in [0.15, 0.2) is 12.1 Å². The van der Waals surface area contributed by atoms with E-state index in [4.69, 9.17) is 21.1 Å². The van der Waals surface area contributed by atoms with Gasteiger partial charge in [-0.25, -0.2) is 9.37 Å². The summed E-state index contributed by atoms with van der Waals surface area (Å²) in [6, 6.07) is 3.26. The number of halogens is 2. The van der Waals surface area contributed by atoms with Crippen molar-refractivity contribution in [3.63, 3.8) is 0 Å². The number of hydrogen-bond donors (Lipinski definition) is 0. The average molecular weight is 299 g/mol. The molecule has 0 N–H and O–H groups in total. The summed E-state index contributed by atoms with van der Waals surface area (Å²) in [4.78, 5) is 4.47. The fraction of sp³-hybridized carbons (Fsp3) is 0.500. The zero-order chi connectivity index (χ0) is 14.3. The Morgan fingerprint density at radius 3 is 2.95 bits per heavy atom. The summed E-state index contributed by atoms with van der Waals surface area (Å²) < 4.78 is 26.4. The molecule has 1 aromatic carbocycles. The van der Waals surface area contributed by atoms with E-state index >= 15 is 0 Å². The first kappa shape index (κ1) is 13.6. The lowest BCUT2D eigenvalue weighted by Gasteiger charge is -2.16. The van der Waals surface area contributed by atoms with E-state index in [2.05, 4.69) is 9.55 Å². The largest absolute Gasteiger partial charge is 0.494 e. The van der Waals surface area contributed by atoms with Crippen LogP contribution in [0, 0.1) is 5.82 Å². The maximum absolute atomic E-state index is 13.8. The highest BCUT2D eigenvalue weighted by Crippen LogP contribution is 2.34. The second-order valence-corrected chi connectivity index (χ2v) is 5.60. The van der Waals surface area contributed by atoms with Crippen molar-refractivity contribution in [1.29, 1.82) is 0 Å². The van der Waals surface area contributed by atoms with Crippen LogP contribution >= 0.6 is 11.6 Å². The second-order valence-electron chi connectivity index (χ2n) is 4.95. The number of ether oxygens (including phenoxy) is 2. The molecular weight excluding hydrogens is 283 g/mol. The fourth-order valence-corrected chi connectivity index (χ4v) is 2.82. The standard InChI is InChI=1S/C14H16ClFN2O2/c1-8(15)14-17-11-5-10(16)13(19-2)6-12(11)18(14)9-3-4-20-7-9/h5-6,8-9H,3-4,7H2,1-2H3. The minimum absolute atomic E-state index is 0.186. The fourth-order valence-electron chi connectivity index (χ4n) is 2.66. The molecule has 20 heavy (non-hydrogen) atoms. The van der Waals surface area contributed by atoms with Crippen LogP contribution in [0.5, 0.6) is 5.75 Å². The molecule has 2 heterocycles. The lowest BCUT2D eigenvalue weighted by molar-refractivity contribution is 0.186. The molecule has 0 radical (unpaired) electrons. The maximum atomic E-state index is 13.8. The average Bonchev–Trinajstić information content (AvgIpc) is 3.03. The van der Waals surface area contributed by atoms with Crippen molar-refractivity contribution in [1.82, 2.24) is 9.55 Å². The van der Waals surface area contributed by atoms with E-state index in [1.54, 1.807) is 6.07 Å². The lowest BCUT2D eigenvalue weighted by Crippen LogP contribution is -2.12. The molecule has 1 saturated heterocycles. The van der Waals surface area contributed by atoms with E-state index in [-0.39, 0.29) is 17.2 Å². The van der Waals surface area contributed by atoms with Gasteiger partial charge in [0.2, 0.25) is 0 Å². The van der Waals surface area contributed by atoms with Gasteiger partial charge in [0.1, 0.15) is 5.82 Å². The van der Waals surface area contributed by atoms with Gasteiger partial charge < -0.3 is 14.0 Å².